The van der Waals surface area contributed by atoms with Gasteiger partial charge in [0.25, 0.3) is 0 Å². The highest BCUT2D eigenvalue weighted by Crippen LogP contribution is 2.43. The number of ether oxygens (including phenoxy) is 1. The average Bonchev–Trinajstić information content (AvgIpc) is 3.33. The Labute approximate surface area is 144 Å². The normalized spacial score (nSPS) is 20.9. The zero-order chi connectivity index (χ0) is 17.7. The van der Waals surface area contributed by atoms with E-state index in [2.05, 4.69) is 57.2 Å². The van der Waals surface area contributed by atoms with Crippen molar-refractivity contribution >= 4 is 12.3 Å². The second-order valence-corrected chi connectivity index (χ2v) is 7.21. The molecule has 2 aliphatic carbocycles. The van der Waals surface area contributed by atoms with Gasteiger partial charge in [-0.2, -0.15) is 0 Å². The van der Waals surface area contributed by atoms with Gasteiger partial charge in [0.05, 0.1) is 13.5 Å². The van der Waals surface area contributed by atoms with E-state index >= 15 is 0 Å². The van der Waals surface area contributed by atoms with Crippen LogP contribution in [0.5, 0.6) is 0 Å². The molecule has 1 aromatic carbocycles. The largest absolute Gasteiger partial charge is 0.469 e. The monoisotopic (exact) mass is 326 g/mol. The first-order chi connectivity index (χ1) is 11.4. The molecule has 1 fully saturated rings. The summed E-state index contributed by atoms with van der Waals surface area (Å²) in [5.41, 5.74) is 3.08. The standard InChI is InChI=1S/C13H18O2.C8H8O/c1-10-5-7-11(8-6-10)13(2,3)9-12(14)15-4;9-5-6-1-2-7-4-8(7)3-6/h5-8H,9H2,1-4H3;1-3,5,7-8H,4H2. The first kappa shape index (κ1) is 18.2. The fraction of sp³-hybridized carbons (Fsp3) is 0.429. The van der Waals surface area contributed by atoms with Crippen LogP contribution < -0.4 is 0 Å². The van der Waals surface area contributed by atoms with E-state index in [-0.39, 0.29) is 11.4 Å². The molecule has 128 valence electrons. The van der Waals surface area contributed by atoms with E-state index in [0.717, 1.165) is 17.8 Å². The van der Waals surface area contributed by atoms with Gasteiger partial charge >= 0.3 is 5.97 Å². The Bertz CT molecular complexity index is 650. The van der Waals surface area contributed by atoms with Gasteiger partial charge in [-0.05, 0) is 30.7 Å². The minimum absolute atomic E-state index is 0.166. The predicted octanol–water partition coefficient (Wildman–Crippen LogP) is 4.15. The molecule has 3 rings (SSSR count). The molecule has 2 aliphatic rings. The molecule has 0 N–H and O–H groups in total. The predicted molar refractivity (Wildman–Crippen MR) is 95.7 cm³/mol. The van der Waals surface area contributed by atoms with Gasteiger partial charge < -0.3 is 4.74 Å². The molecule has 1 saturated carbocycles. The number of rotatable bonds is 4. The first-order valence-electron chi connectivity index (χ1n) is 8.35. The quantitative estimate of drug-likeness (QED) is 0.616. The van der Waals surface area contributed by atoms with Gasteiger partial charge in [-0.1, -0.05) is 61.9 Å². The highest BCUT2D eigenvalue weighted by Gasteiger charge is 2.34. The zero-order valence-electron chi connectivity index (χ0n) is 14.9. The molecule has 0 radical (unpaired) electrons. The number of aldehydes is 1. The maximum absolute atomic E-state index is 11.2. The van der Waals surface area contributed by atoms with Crippen LogP contribution in [0.2, 0.25) is 0 Å². The van der Waals surface area contributed by atoms with Crippen molar-refractivity contribution < 1.29 is 14.3 Å². The number of benzene rings is 1. The van der Waals surface area contributed by atoms with Crippen LogP contribution in [0.4, 0.5) is 0 Å². The van der Waals surface area contributed by atoms with E-state index in [0.29, 0.717) is 12.3 Å². The van der Waals surface area contributed by atoms with Crippen molar-refractivity contribution in [2.24, 2.45) is 11.8 Å². The number of hydrogen-bond donors (Lipinski definition) is 0. The molecular formula is C21H26O3. The van der Waals surface area contributed by atoms with Crippen LogP contribution in [-0.4, -0.2) is 19.4 Å². The van der Waals surface area contributed by atoms with Gasteiger partial charge in [0.15, 0.2) is 0 Å². The lowest BCUT2D eigenvalue weighted by molar-refractivity contribution is -0.141. The van der Waals surface area contributed by atoms with Crippen molar-refractivity contribution in [3.05, 3.63) is 59.2 Å². The molecule has 1 aromatic rings. The van der Waals surface area contributed by atoms with Crippen LogP contribution in [0.1, 0.15) is 37.8 Å². The highest BCUT2D eigenvalue weighted by molar-refractivity contribution is 5.78. The van der Waals surface area contributed by atoms with Gasteiger partial charge in [0, 0.05) is 11.0 Å². The molecule has 0 spiro atoms. The van der Waals surface area contributed by atoms with Crippen molar-refractivity contribution in [2.75, 3.05) is 7.11 Å². The topological polar surface area (TPSA) is 43.4 Å². The number of fused-ring (bicyclic) bond motifs is 1. The Hall–Kier alpha value is -2.16. The van der Waals surface area contributed by atoms with Crippen LogP contribution >= 0.6 is 0 Å². The Balaban J connectivity index is 0.000000194. The molecule has 0 aromatic heterocycles. The molecule has 0 aliphatic heterocycles. The Kier molecular flexibility index (Phi) is 5.76. The smallest absolute Gasteiger partial charge is 0.306 e. The number of carbonyl (C=O) groups excluding carboxylic acids is 2. The minimum Gasteiger partial charge on any atom is -0.469 e. The molecule has 2 atom stereocenters. The van der Waals surface area contributed by atoms with Crippen molar-refractivity contribution in [2.45, 2.75) is 39.0 Å². The molecule has 0 bridgehead atoms. The molecule has 2 unspecified atom stereocenters. The summed E-state index contributed by atoms with van der Waals surface area (Å²) < 4.78 is 4.69. The van der Waals surface area contributed by atoms with E-state index in [9.17, 15) is 9.59 Å². The highest BCUT2D eigenvalue weighted by atomic mass is 16.5. The van der Waals surface area contributed by atoms with Crippen LogP contribution in [0, 0.1) is 18.8 Å². The van der Waals surface area contributed by atoms with Gasteiger partial charge in [-0.3, -0.25) is 9.59 Å². The Morgan fingerprint density at radius 1 is 1.25 bits per heavy atom. The molecule has 0 heterocycles. The fourth-order valence-corrected chi connectivity index (χ4v) is 2.80. The number of aryl methyl sites for hydroxylation is 1. The second kappa shape index (κ2) is 7.61. The van der Waals surface area contributed by atoms with Crippen LogP contribution in [0.15, 0.2) is 48.1 Å². The molecule has 24 heavy (non-hydrogen) atoms. The van der Waals surface area contributed by atoms with Crippen molar-refractivity contribution in [1.82, 2.24) is 0 Å². The summed E-state index contributed by atoms with van der Waals surface area (Å²) in [6.45, 7) is 6.15. The van der Waals surface area contributed by atoms with E-state index in [1.54, 1.807) is 0 Å². The van der Waals surface area contributed by atoms with Gasteiger partial charge in [0.1, 0.15) is 6.29 Å². The maximum atomic E-state index is 11.2. The second-order valence-electron chi connectivity index (χ2n) is 7.21. The van der Waals surface area contributed by atoms with Gasteiger partial charge in [-0.15, -0.1) is 0 Å². The van der Waals surface area contributed by atoms with E-state index in [1.807, 2.05) is 6.08 Å². The van der Waals surface area contributed by atoms with Crippen LogP contribution in [0.25, 0.3) is 0 Å². The van der Waals surface area contributed by atoms with Crippen LogP contribution in [0.3, 0.4) is 0 Å². The number of esters is 1. The molecule has 3 heteroatoms. The van der Waals surface area contributed by atoms with Crippen LogP contribution in [-0.2, 0) is 19.7 Å². The molecule has 0 amide bonds. The number of allylic oxidation sites excluding steroid dienone is 4. The summed E-state index contributed by atoms with van der Waals surface area (Å²) in [6, 6.07) is 8.26. The summed E-state index contributed by atoms with van der Waals surface area (Å²) >= 11 is 0. The Morgan fingerprint density at radius 2 is 1.92 bits per heavy atom. The Morgan fingerprint density at radius 3 is 2.46 bits per heavy atom. The molecule has 0 saturated heterocycles. The summed E-state index contributed by atoms with van der Waals surface area (Å²) in [5, 5.41) is 0. The number of methoxy groups -OCH3 is 1. The third-order valence-corrected chi connectivity index (χ3v) is 4.62. The fourth-order valence-electron chi connectivity index (χ4n) is 2.80. The van der Waals surface area contributed by atoms with E-state index < -0.39 is 0 Å². The lowest BCUT2D eigenvalue weighted by atomic mass is 9.81. The van der Waals surface area contributed by atoms with Crippen molar-refractivity contribution in [3.8, 4) is 0 Å². The third-order valence-electron chi connectivity index (χ3n) is 4.62. The molecule has 3 nitrogen and oxygen atoms in total. The molecular weight excluding hydrogens is 300 g/mol. The van der Waals surface area contributed by atoms with Crippen molar-refractivity contribution in [3.63, 3.8) is 0 Å². The summed E-state index contributed by atoms with van der Waals surface area (Å²) in [4.78, 5) is 21.4. The summed E-state index contributed by atoms with van der Waals surface area (Å²) in [5.74, 6) is 1.31. The number of carbonyl (C=O) groups is 2. The van der Waals surface area contributed by atoms with E-state index in [1.165, 1.54) is 24.7 Å². The SMILES string of the molecule is COC(=O)CC(C)(C)c1ccc(C)cc1.O=CC1=CC2CC2C=C1. The third kappa shape index (κ3) is 4.92. The zero-order valence-corrected chi connectivity index (χ0v) is 14.9. The lowest BCUT2D eigenvalue weighted by Crippen LogP contribution is -2.22. The minimum atomic E-state index is -0.166. The average molecular weight is 326 g/mol. The lowest BCUT2D eigenvalue weighted by Gasteiger charge is -2.23. The van der Waals surface area contributed by atoms with Gasteiger partial charge in [-0.25, -0.2) is 0 Å². The maximum Gasteiger partial charge on any atom is 0.306 e. The van der Waals surface area contributed by atoms with Crippen molar-refractivity contribution in [1.29, 1.82) is 0 Å². The first-order valence-corrected chi connectivity index (χ1v) is 8.35. The summed E-state index contributed by atoms with van der Waals surface area (Å²) in [7, 11) is 1.42. The summed E-state index contributed by atoms with van der Waals surface area (Å²) in [6.07, 6.45) is 8.71. The van der Waals surface area contributed by atoms with E-state index in [4.69, 9.17) is 4.74 Å². The number of hydrogen-bond acceptors (Lipinski definition) is 3. The van der Waals surface area contributed by atoms with Gasteiger partial charge in [0.2, 0.25) is 0 Å².